The summed E-state index contributed by atoms with van der Waals surface area (Å²) in [6.07, 6.45) is 0.726. The average Bonchev–Trinajstić information content (AvgIpc) is 2.46. The first-order valence-electron chi connectivity index (χ1n) is 6.53. The first-order chi connectivity index (χ1) is 9.67. The largest absolute Gasteiger partial charge is 0.497 e. The third-order valence-electron chi connectivity index (χ3n) is 3.58. The molecule has 2 N–H and O–H groups in total. The van der Waals surface area contributed by atoms with Gasteiger partial charge < -0.3 is 15.2 Å². The SMILES string of the molecule is COc1cccc(C2C[C@@H](N)c3ccc(Br)cc3O2)c1. The predicted molar refractivity (Wildman–Crippen MR) is 82.1 cm³/mol. The summed E-state index contributed by atoms with van der Waals surface area (Å²) in [5.41, 5.74) is 8.42. The minimum Gasteiger partial charge on any atom is -0.497 e. The minimum absolute atomic E-state index is 0.0111. The van der Waals surface area contributed by atoms with Crippen LogP contribution in [0.4, 0.5) is 0 Å². The van der Waals surface area contributed by atoms with Gasteiger partial charge in [0.05, 0.1) is 7.11 Å². The van der Waals surface area contributed by atoms with Gasteiger partial charge in [0.1, 0.15) is 17.6 Å². The van der Waals surface area contributed by atoms with E-state index in [2.05, 4.69) is 15.9 Å². The zero-order valence-corrected chi connectivity index (χ0v) is 12.8. The van der Waals surface area contributed by atoms with Crippen LogP contribution in [0.5, 0.6) is 11.5 Å². The molecule has 0 aliphatic carbocycles. The van der Waals surface area contributed by atoms with Crippen LogP contribution in [0.25, 0.3) is 0 Å². The Morgan fingerprint density at radius 2 is 2.10 bits per heavy atom. The van der Waals surface area contributed by atoms with Crippen molar-refractivity contribution in [2.24, 2.45) is 5.73 Å². The molecule has 0 fully saturated rings. The molecule has 2 atom stereocenters. The number of fused-ring (bicyclic) bond motifs is 1. The zero-order valence-electron chi connectivity index (χ0n) is 11.2. The number of nitrogens with two attached hydrogens (primary N) is 1. The minimum atomic E-state index is -0.0399. The van der Waals surface area contributed by atoms with E-state index in [1.165, 1.54) is 0 Å². The number of ether oxygens (including phenoxy) is 2. The van der Waals surface area contributed by atoms with Crippen LogP contribution in [-0.2, 0) is 0 Å². The van der Waals surface area contributed by atoms with E-state index in [1.807, 2.05) is 42.5 Å². The molecule has 0 aromatic heterocycles. The van der Waals surface area contributed by atoms with E-state index in [9.17, 15) is 0 Å². The van der Waals surface area contributed by atoms with Crippen molar-refractivity contribution in [1.82, 2.24) is 0 Å². The van der Waals surface area contributed by atoms with Gasteiger partial charge in [0.15, 0.2) is 0 Å². The highest BCUT2D eigenvalue weighted by molar-refractivity contribution is 9.10. The van der Waals surface area contributed by atoms with Crippen molar-refractivity contribution in [3.05, 3.63) is 58.1 Å². The highest BCUT2D eigenvalue weighted by Gasteiger charge is 2.27. The van der Waals surface area contributed by atoms with Gasteiger partial charge in [-0.25, -0.2) is 0 Å². The molecular weight excluding hydrogens is 318 g/mol. The molecule has 1 heterocycles. The highest BCUT2D eigenvalue weighted by atomic mass is 79.9. The monoisotopic (exact) mass is 333 g/mol. The fraction of sp³-hybridized carbons (Fsp3) is 0.250. The molecule has 3 nitrogen and oxygen atoms in total. The van der Waals surface area contributed by atoms with Gasteiger partial charge in [-0.15, -0.1) is 0 Å². The molecule has 1 aliphatic rings. The zero-order chi connectivity index (χ0) is 14.1. The summed E-state index contributed by atoms with van der Waals surface area (Å²) in [5.74, 6) is 1.69. The summed E-state index contributed by atoms with van der Waals surface area (Å²) in [5, 5.41) is 0. The van der Waals surface area contributed by atoms with Gasteiger partial charge in [-0.1, -0.05) is 34.1 Å². The van der Waals surface area contributed by atoms with Crippen molar-refractivity contribution in [3.8, 4) is 11.5 Å². The molecule has 1 aliphatic heterocycles. The van der Waals surface area contributed by atoms with Gasteiger partial charge in [-0.05, 0) is 29.8 Å². The molecule has 0 spiro atoms. The molecule has 20 heavy (non-hydrogen) atoms. The first-order valence-corrected chi connectivity index (χ1v) is 7.32. The Morgan fingerprint density at radius 3 is 2.90 bits per heavy atom. The average molecular weight is 334 g/mol. The second kappa shape index (κ2) is 5.46. The molecule has 0 radical (unpaired) electrons. The fourth-order valence-corrected chi connectivity index (χ4v) is 2.86. The Kier molecular flexibility index (Phi) is 3.68. The number of rotatable bonds is 2. The van der Waals surface area contributed by atoms with Crippen LogP contribution in [0, 0.1) is 0 Å². The predicted octanol–water partition coefficient (Wildman–Crippen LogP) is 3.98. The Hall–Kier alpha value is -1.52. The van der Waals surface area contributed by atoms with Crippen LogP contribution < -0.4 is 15.2 Å². The molecule has 0 saturated heterocycles. The summed E-state index contributed by atoms with van der Waals surface area (Å²) >= 11 is 3.47. The summed E-state index contributed by atoms with van der Waals surface area (Å²) in [6.45, 7) is 0. The highest BCUT2D eigenvalue weighted by Crippen LogP contribution is 2.41. The van der Waals surface area contributed by atoms with Gasteiger partial charge in [-0.2, -0.15) is 0 Å². The molecule has 4 heteroatoms. The Bertz CT molecular complexity index is 630. The molecule has 3 rings (SSSR count). The van der Waals surface area contributed by atoms with Gasteiger partial charge in [0.25, 0.3) is 0 Å². The second-order valence-electron chi connectivity index (χ2n) is 4.91. The maximum Gasteiger partial charge on any atom is 0.126 e. The lowest BCUT2D eigenvalue weighted by molar-refractivity contribution is 0.161. The van der Waals surface area contributed by atoms with Gasteiger partial charge >= 0.3 is 0 Å². The van der Waals surface area contributed by atoms with E-state index >= 15 is 0 Å². The van der Waals surface area contributed by atoms with E-state index in [0.717, 1.165) is 33.5 Å². The lowest BCUT2D eigenvalue weighted by Crippen LogP contribution is -2.24. The summed E-state index contributed by atoms with van der Waals surface area (Å²) in [6, 6.07) is 13.9. The molecule has 0 saturated carbocycles. The van der Waals surface area contributed by atoms with E-state index in [4.69, 9.17) is 15.2 Å². The van der Waals surface area contributed by atoms with E-state index in [1.54, 1.807) is 7.11 Å². The summed E-state index contributed by atoms with van der Waals surface area (Å²) in [7, 11) is 1.67. The van der Waals surface area contributed by atoms with Crippen molar-refractivity contribution in [1.29, 1.82) is 0 Å². The Morgan fingerprint density at radius 1 is 1.25 bits per heavy atom. The number of hydrogen-bond acceptors (Lipinski definition) is 3. The van der Waals surface area contributed by atoms with Crippen LogP contribution in [0.2, 0.25) is 0 Å². The molecule has 0 bridgehead atoms. The van der Waals surface area contributed by atoms with Gasteiger partial charge in [0, 0.05) is 22.5 Å². The lowest BCUT2D eigenvalue weighted by Gasteiger charge is -2.30. The van der Waals surface area contributed by atoms with Gasteiger partial charge in [-0.3, -0.25) is 0 Å². The van der Waals surface area contributed by atoms with Crippen LogP contribution in [0.3, 0.4) is 0 Å². The number of halogens is 1. The third kappa shape index (κ3) is 2.53. The number of methoxy groups -OCH3 is 1. The maximum absolute atomic E-state index is 6.27. The van der Waals surface area contributed by atoms with E-state index in [-0.39, 0.29) is 12.1 Å². The third-order valence-corrected chi connectivity index (χ3v) is 4.07. The molecular formula is C16H16BrNO2. The smallest absolute Gasteiger partial charge is 0.126 e. The quantitative estimate of drug-likeness (QED) is 0.903. The maximum atomic E-state index is 6.27. The second-order valence-corrected chi connectivity index (χ2v) is 5.82. The molecule has 0 amide bonds. The normalized spacial score (nSPS) is 20.9. The van der Waals surface area contributed by atoms with E-state index < -0.39 is 0 Å². The number of hydrogen-bond donors (Lipinski definition) is 1. The van der Waals surface area contributed by atoms with Crippen LogP contribution >= 0.6 is 15.9 Å². The van der Waals surface area contributed by atoms with Crippen molar-refractivity contribution >= 4 is 15.9 Å². The molecule has 2 aromatic carbocycles. The van der Waals surface area contributed by atoms with Crippen molar-refractivity contribution in [3.63, 3.8) is 0 Å². The van der Waals surface area contributed by atoms with Crippen LogP contribution in [0.1, 0.15) is 29.7 Å². The summed E-state index contributed by atoms with van der Waals surface area (Å²) in [4.78, 5) is 0. The van der Waals surface area contributed by atoms with Crippen LogP contribution in [-0.4, -0.2) is 7.11 Å². The Labute approximate surface area is 126 Å². The summed E-state index contributed by atoms with van der Waals surface area (Å²) < 4.78 is 12.4. The Balaban J connectivity index is 1.94. The van der Waals surface area contributed by atoms with Gasteiger partial charge in [0.2, 0.25) is 0 Å². The van der Waals surface area contributed by atoms with Crippen molar-refractivity contribution in [2.45, 2.75) is 18.6 Å². The topological polar surface area (TPSA) is 44.5 Å². The lowest BCUT2D eigenvalue weighted by atomic mass is 9.93. The van der Waals surface area contributed by atoms with Crippen molar-refractivity contribution < 1.29 is 9.47 Å². The standard InChI is InChI=1S/C16H16BrNO2/c1-19-12-4-2-3-10(7-12)15-9-14(18)13-6-5-11(17)8-16(13)20-15/h2-8,14-15H,9,18H2,1H3/t14-,15?/m1/s1. The first kappa shape index (κ1) is 13.5. The number of benzene rings is 2. The van der Waals surface area contributed by atoms with Crippen molar-refractivity contribution in [2.75, 3.05) is 7.11 Å². The van der Waals surface area contributed by atoms with Crippen LogP contribution in [0.15, 0.2) is 46.9 Å². The molecule has 2 aromatic rings. The molecule has 1 unspecified atom stereocenters. The van der Waals surface area contributed by atoms with E-state index in [0.29, 0.717) is 0 Å². The molecule has 104 valence electrons. The fourth-order valence-electron chi connectivity index (χ4n) is 2.52.